The van der Waals surface area contributed by atoms with Gasteiger partial charge in [-0.1, -0.05) is 6.42 Å². The summed E-state index contributed by atoms with van der Waals surface area (Å²) in [5.74, 6) is -0.459. The Kier molecular flexibility index (Phi) is 3.68. The van der Waals surface area contributed by atoms with Gasteiger partial charge in [-0.3, -0.25) is 4.79 Å². The van der Waals surface area contributed by atoms with Crippen LogP contribution in [0.25, 0.3) is 10.2 Å². The predicted molar refractivity (Wildman–Crippen MR) is 85.1 cm³/mol. The van der Waals surface area contributed by atoms with Gasteiger partial charge in [-0.05, 0) is 30.4 Å². The lowest BCUT2D eigenvalue weighted by Gasteiger charge is -2.31. The fourth-order valence-corrected chi connectivity index (χ4v) is 4.12. The Morgan fingerprint density at radius 3 is 3.09 bits per heavy atom. The summed E-state index contributed by atoms with van der Waals surface area (Å²) in [5, 5.41) is 4.95. The third-order valence-electron chi connectivity index (χ3n) is 4.50. The van der Waals surface area contributed by atoms with E-state index in [0.717, 1.165) is 35.9 Å². The lowest BCUT2D eigenvalue weighted by Crippen LogP contribution is -2.37. The van der Waals surface area contributed by atoms with E-state index < -0.39 is 0 Å². The van der Waals surface area contributed by atoms with E-state index in [4.69, 9.17) is 9.47 Å². The topological polar surface area (TPSA) is 63.4 Å². The summed E-state index contributed by atoms with van der Waals surface area (Å²) < 4.78 is 13.1. The van der Waals surface area contributed by atoms with Crippen molar-refractivity contribution in [1.29, 1.82) is 0 Å². The Morgan fingerprint density at radius 1 is 1.41 bits per heavy atom. The molecule has 1 unspecified atom stereocenters. The van der Waals surface area contributed by atoms with Crippen LogP contribution in [0.15, 0.2) is 17.5 Å². The minimum absolute atomic E-state index is 0.0434. The quantitative estimate of drug-likeness (QED) is 0.913. The van der Waals surface area contributed by atoms with Gasteiger partial charge in [0.2, 0.25) is 0 Å². The highest BCUT2D eigenvalue weighted by molar-refractivity contribution is 7.17. The lowest BCUT2D eigenvalue weighted by atomic mass is 9.94. The number of hydrogen-bond donors (Lipinski definition) is 2. The van der Waals surface area contributed by atoms with Gasteiger partial charge in [-0.2, -0.15) is 0 Å². The second kappa shape index (κ2) is 5.68. The standard InChI is InChI=1S/C16H20N2O3S/c19-15(13-8-14-12(18-13)4-7-22-14)17-9-11-10-20-16(21-11)5-2-1-3-6-16/h4,7-8,11,18H,1-3,5-6,9-10H2,(H,17,19). The molecule has 2 aromatic rings. The van der Waals surface area contributed by atoms with Crippen molar-refractivity contribution >= 4 is 27.5 Å². The van der Waals surface area contributed by atoms with Gasteiger partial charge in [-0.15, -0.1) is 11.3 Å². The molecule has 1 amide bonds. The summed E-state index contributed by atoms with van der Waals surface area (Å²) in [5.41, 5.74) is 1.62. The first-order chi connectivity index (χ1) is 10.7. The van der Waals surface area contributed by atoms with Crippen molar-refractivity contribution in [1.82, 2.24) is 10.3 Å². The fraction of sp³-hybridized carbons (Fsp3) is 0.562. The zero-order valence-corrected chi connectivity index (χ0v) is 13.2. The third-order valence-corrected chi connectivity index (χ3v) is 5.37. The van der Waals surface area contributed by atoms with Gasteiger partial charge in [0.1, 0.15) is 11.8 Å². The molecule has 1 saturated carbocycles. The summed E-state index contributed by atoms with van der Waals surface area (Å²) in [7, 11) is 0. The van der Waals surface area contributed by atoms with Crippen LogP contribution in [0, 0.1) is 0 Å². The molecule has 118 valence electrons. The molecule has 1 atom stereocenters. The third kappa shape index (κ3) is 2.66. The number of aromatic nitrogens is 1. The highest BCUT2D eigenvalue weighted by atomic mass is 32.1. The van der Waals surface area contributed by atoms with Gasteiger partial charge in [0.25, 0.3) is 5.91 Å². The highest BCUT2D eigenvalue weighted by Gasteiger charge is 2.42. The number of aromatic amines is 1. The van der Waals surface area contributed by atoms with E-state index in [1.165, 1.54) is 6.42 Å². The number of nitrogens with one attached hydrogen (secondary N) is 2. The van der Waals surface area contributed by atoms with Crippen molar-refractivity contribution in [3.05, 3.63) is 23.2 Å². The maximum Gasteiger partial charge on any atom is 0.267 e. The number of thiophene rings is 1. The molecule has 1 spiro atoms. The molecule has 1 aliphatic heterocycles. The van der Waals surface area contributed by atoms with Crippen molar-refractivity contribution < 1.29 is 14.3 Å². The zero-order chi connectivity index (χ0) is 15.0. The summed E-state index contributed by atoms with van der Waals surface area (Å²) in [4.78, 5) is 15.3. The molecule has 0 aromatic carbocycles. The van der Waals surface area contributed by atoms with Crippen molar-refractivity contribution in [2.45, 2.75) is 44.0 Å². The van der Waals surface area contributed by atoms with Crippen molar-refractivity contribution in [2.75, 3.05) is 13.2 Å². The largest absolute Gasteiger partial charge is 0.350 e. The maximum absolute atomic E-state index is 12.2. The highest BCUT2D eigenvalue weighted by Crippen LogP contribution is 2.37. The second-order valence-corrected chi connectivity index (χ2v) is 7.06. The fourth-order valence-electron chi connectivity index (χ4n) is 3.34. The van der Waals surface area contributed by atoms with Crippen molar-refractivity contribution in [3.63, 3.8) is 0 Å². The molecule has 2 fully saturated rings. The van der Waals surface area contributed by atoms with Crippen LogP contribution >= 0.6 is 11.3 Å². The number of ether oxygens (including phenoxy) is 2. The number of carbonyl (C=O) groups excluding carboxylic acids is 1. The van der Waals surface area contributed by atoms with Crippen LogP contribution in [0.5, 0.6) is 0 Å². The monoisotopic (exact) mass is 320 g/mol. The molecule has 22 heavy (non-hydrogen) atoms. The van der Waals surface area contributed by atoms with Crippen LogP contribution in [-0.2, 0) is 9.47 Å². The maximum atomic E-state index is 12.2. The molecule has 2 aromatic heterocycles. The van der Waals surface area contributed by atoms with Gasteiger partial charge < -0.3 is 19.8 Å². The second-order valence-electron chi connectivity index (χ2n) is 6.11. The Bertz CT molecular complexity index is 643. The van der Waals surface area contributed by atoms with E-state index in [1.807, 2.05) is 17.5 Å². The van der Waals surface area contributed by atoms with E-state index in [2.05, 4.69) is 10.3 Å². The van der Waals surface area contributed by atoms with E-state index in [-0.39, 0.29) is 17.8 Å². The number of rotatable bonds is 3. The summed E-state index contributed by atoms with van der Waals surface area (Å²) in [6, 6.07) is 3.88. The van der Waals surface area contributed by atoms with Crippen LogP contribution in [0.4, 0.5) is 0 Å². The number of carbonyl (C=O) groups is 1. The van der Waals surface area contributed by atoms with Gasteiger partial charge in [-0.25, -0.2) is 0 Å². The molecule has 1 saturated heterocycles. The Morgan fingerprint density at radius 2 is 2.27 bits per heavy atom. The van der Waals surface area contributed by atoms with Gasteiger partial charge in [0.05, 0.1) is 16.8 Å². The SMILES string of the molecule is O=C(NCC1COC2(CCCCC2)O1)c1cc2sccc2[nH]1. The van der Waals surface area contributed by atoms with Crippen molar-refractivity contribution in [2.24, 2.45) is 0 Å². The molecule has 0 bridgehead atoms. The normalized spacial score (nSPS) is 24.1. The number of amides is 1. The van der Waals surface area contributed by atoms with E-state index in [0.29, 0.717) is 18.8 Å². The van der Waals surface area contributed by atoms with Gasteiger partial charge in [0, 0.05) is 19.4 Å². The van der Waals surface area contributed by atoms with Crippen LogP contribution in [-0.4, -0.2) is 35.9 Å². The van der Waals surface area contributed by atoms with Crippen LogP contribution in [0.1, 0.15) is 42.6 Å². The molecule has 2 aliphatic rings. The summed E-state index contributed by atoms with van der Waals surface area (Å²) in [6.07, 6.45) is 5.50. The zero-order valence-electron chi connectivity index (χ0n) is 12.4. The molecular weight excluding hydrogens is 300 g/mol. The molecule has 4 rings (SSSR count). The minimum atomic E-state index is -0.372. The first-order valence-corrected chi connectivity index (χ1v) is 8.78. The van der Waals surface area contributed by atoms with Crippen LogP contribution in [0.2, 0.25) is 0 Å². The Labute approximate surface area is 133 Å². The molecule has 2 N–H and O–H groups in total. The van der Waals surface area contributed by atoms with Crippen LogP contribution < -0.4 is 5.32 Å². The lowest BCUT2D eigenvalue weighted by molar-refractivity contribution is -0.186. The molecule has 5 nitrogen and oxygen atoms in total. The first-order valence-electron chi connectivity index (χ1n) is 7.90. The predicted octanol–water partition coefficient (Wildman–Crippen LogP) is 3.04. The minimum Gasteiger partial charge on any atom is -0.350 e. The molecule has 0 radical (unpaired) electrons. The summed E-state index contributed by atoms with van der Waals surface area (Å²) in [6.45, 7) is 1.06. The molecular formula is C16H20N2O3S. The average Bonchev–Trinajstić information content (AvgIpc) is 3.20. The Hall–Kier alpha value is -1.37. The van der Waals surface area contributed by atoms with Crippen molar-refractivity contribution in [3.8, 4) is 0 Å². The van der Waals surface area contributed by atoms with E-state index in [1.54, 1.807) is 11.3 Å². The first kappa shape index (κ1) is 14.2. The average molecular weight is 320 g/mol. The molecule has 3 heterocycles. The molecule has 1 aliphatic carbocycles. The van der Waals surface area contributed by atoms with Crippen LogP contribution in [0.3, 0.4) is 0 Å². The number of fused-ring (bicyclic) bond motifs is 1. The molecule has 6 heteroatoms. The number of H-pyrrole nitrogens is 1. The smallest absolute Gasteiger partial charge is 0.267 e. The number of hydrogen-bond acceptors (Lipinski definition) is 4. The van der Waals surface area contributed by atoms with E-state index >= 15 is 0 Å². The summed E-state index contributed by atoms with van der Waals surface area (Å²) >= 11 is 1.63. The van der Waals surface area contributed by atoms with Gasteiger partial charge >= 0.3 is 0 Å². The Balaban J connectivity index is 1.33. The van der Waals surface area contributed by atoms with E-state index in [9.17, 15) is 4.79 Å². The van der Waals surface area contributed by atoms with Gasteiger partial charge in [0.15, 0.2) is 5.79 Å².